The summed E-state index contributed by atoms with van der Waals surface area (Å²) < 4.78 is 0. The SMILES string of the molecule is NCc1cc(C(=O)NCc2ccn[nH]2)ccn1. The maximum atomic E-state index is 11.8. The van der Waals surface area contributed by atoms with Crippen LogP contribution in [0.3, 0.4) is 0 Å². The summed E-state index contributed by atoms with van der Waals surface area (Å²) in [5, 5.41) is 9.34. The Morgan fingerprint density at radius 2 is 2.29 bits per heavy atom. The Labute approximate surface area is 98.3 Å². The number of nitrogens with one attached hydrogen (secondary N) is 2. The number of carbonyl (C=O) groups excluding carboxylic acids is 1. The molecule has 2 aromatic rings. The van der Waals surface area contributed by atoms with Crippen LogP contribution in [0.1, 0.15) is 21.7 Å². The van der Waals surface area contributed by atoms with Gasteiger partial charge in [-0.05, 0) is 18.2 Å². The molecule has 6 heteroatoms. The van der Waals surface area contributed by atoms with E-state index in [9.17, 15) is 4.79 Å². The lowest BCUT2D eigenvalue weighted by molar-refractivity contribution is 0.0950. The van der Waals surface area contributed by atoms with Gasteiger partial charge in [0, 0.05) is 24.5 Å². The molecule has 0 atom stereocenters. The van der Waals surface area contributed by atoms with E-state index in [4.69, 9.17) is 5.73 Å². The van der Waals surface area contributed by atoms with Crippen molar-refractivity contribution in [2.45, 2.75) is 13.1 Å². The number of nitrogens with zero attached hydrogens (tertiary/aromatic N) is 2. The maximum absolute atomic E-state index is 11.8. The van der Waals surface area contributed by atoms with Gasteiger partial charge in [0.05, 0.1) is 17.9 Å². The molecule has 0 fully saturated rings. The maximum Gasteiger partial charge on any atom is 0.251 e. The van der Waals surface area contributed by atoms with Gasteiger partial charge in [-0.1, -0.05) is 0 Å². The predicted molar refractivity (Wildman–Crippen MR) is 61.9 cm³/mol. The van der Waals surface area contributed by atoms with E-state index in [0.717, 1.165) is 5.69 Å². The minimum absolute atomic E-state index is 0.156. The monoisotopic (exact) mass is 231 g/mol. The van der Waals surface area contributed by atoms with E-state index in [1.54, 1.807) is 30.6 Å². The number of aromatic nitrogens is 3. The Kier molecular flexibility index (Phi) is 3.46. The smallest absolute Gasteiger partial charge is 0.251 e. The second-order valence-electron chi connectivity index (χ2n) is 3.50. The zero-order valence-corrected chi connectivity index (χ0v) is 9.18. The highest BCUT2D eigenvalue weighted by Gasteiger charge is 2.06. The molecule has 88 valence electrons. The van der Waals surface area contributed by atoms with Crippen molar-refractivity contribution >= 4 is 5.91 Å². The average Bonchev–Trinajstić information content (AvgIpc) is 2.89. The third-order valence-corrected chi connectivity index (χ3v) is 2.29. The molecule has 0 radical (unpaired) electrons. The number of H-pyrrole nitrogens is 1. The Balaban J connectivity index is 1.99. The van der Waals surface area contributed by atoms with Crippen LogP contribution in [-0.2, 0) is 13.1 Å². The Morgan fingerprint density at radius 1 is 1.41 bits per heavy atom. The molecule has 0 aromatic carbocycles. The third kappa shape index (κ3) is 2.88. The summed E-state index contributed by atoms with van der Waals surface area (Å²) in [6.07, 6.45) is 3.22. The van der Waals surface area contributed by atoms with Crippen molar-refractivity contribution in [3.05, 3.63) is 47.5 Å². The number of carbonyl (C=O) groups is 1. The number of rotatable bonds is 4. The van der Waals surface area contributed by atoms with Gasteiger partial charge in [0.2, 0.25) is 0 Å². The molecule has 0 saturated carbocycles. The summed E-state index contributed by atoms with van der Waals surface area (Å²) in [5.41, 5.74) is 7.56. The van der Waals surface area contributed by atoms with E-state index in [-0.39, 0.29) is 5.91 Å². The lowest BCUT2D eigenvalue weighted by Gasteiger charge is -2.04. The van der Waals surface area contributed by atoms with Crippen LogP contribution in [0.4, 0.5) is 0 Å². The standard InChI is InChI=1S/C11H13N5O/c12-6-10-5-8(1-3-13-10)11(17)14-7-9-2-4-15-16-9/h1-5H,6-7,12H2,(H,14,17)(H,15,16). The second-order valence-corrected chi connectivity index (χ2v) is 3.50. The van der Waals surface area contributed by atoms with Gasteiger partial charge in [0.15, 0.2) is 0 Å². The quantitative estimate of drug-likeness (QED) is 0.700. The van der Waals surface area contributed by atoms with Crippen LogP contribution >= 0.6 is 0 Å². The van der Waals surface area contributed by atoms with E-state index in [1.807, 2.05) is 0 Å². The minimum Gasteiger partial charge on any atom is -0.346 e. The molecule has 4 N–H and O–H groups in total. The zero-order valence-electron chi connectivity index (χ0n) is 9.18. The normalized spacial score (nSPS) is 10.2. The highest BCUT2D eigenvalue weighted by molar-refractivity contribution is 5.94. The molecule has 0 bridgehead atoms. The Hall–Kier alpha value is -2.21. The van der Waals surface area contributed by atoms with Crippen LogP contribution in [0, 0.1) is 0 Å². The second kappa shape index (κ2) is 5.22. The van der Waals surface area contributed by atoms with Crippen LogP contribution in [0.2, 0.25) is 0 Å². The first kappa shape index (κ1) is 11.3. The first-order valence-corrected chi connectivity index (χ1v) is 5.21. The summed E-state index contributed by atoms with van der Waals surface area (Å²) in [4.78, 5) is 15.8. The lowest BCUT2D eigenvalue weighted by atomic mass is 10.2. The van der Waals surface area contributed by atoms with E-state index in [1.165, 1.54) is 0 Å². The van der Waals surface area contributed by atoms with Crippen molar-refractivity contribution in [3.8, 4) is 0 Å². The summed E-state index contributed by atoms with van der Waals surface area (Å²) in [6, 6.07) is 5.14. The molecular weight excluding hydrogens is 218 g/mol. The molecule has 2 heterocycles. The van der Waals surface area contributed by atoms with Gasteiger partial charge in [-0.15, -0.1) is 0 Å². The number of aromatic amines is 1. The minimum atomic E-state index is -0.156. The van der Waals surface area contributed by atoms with E-state index >= 15 is 0 Å². The van der Waals surface area contributed by atoms with Gasteiger partial charge in [0.1, 0.15) is 0 Å². The number of hydrogen-bond donors (Lipinski definition) is 3. The van der Waals surface area contributed by atoms with E-state index in [2.05, 4.69) is 20.5 Å². The lowest BCUT2D eigenvalue weighted by Crippen LogP contribution is -2.23. The van der Waals surface area contributed by atoms with Gasteiger partial charge >= 0.3 is 0 Å². The van der Waals surface area contributed by atoms with Gasteiger partial charge in [-0.3, -0.25) is 14.9 Å². The molecule has 0 unspecified atom stereocenters. The fourth-order valence-corrected chi connectivity index (χ4v) is 1.39. The Morgan fingerprint density at radius 3 is 3.00 bits per heavy atom. The van der Waals surface area contributed by atoms with Crippen molar-refractivity contribution in [3.63, 3.8) is 0 Å². The van der Waals surface area contributed by atoms with Gasteiger partial charge < -0.3 is 11.1 Å². The molecular formula is C11H13N5O. The molecule has 6 nitrogen and oxygen atoms in total. The fraction of sp³-hybridized carbons (Fsp3) is 0.182. The van der Waals surface area contributed by atoms with Crippen molar-refractivity contribution in [2.75, 3.05) is 0 Å². The molecule has 0 spiro atoms. The summed E-state index contributed by atoms with van der Waals surface area (Å²) in [6.45, 7) is 0.737. The number of amides is 1. The molecule has 1 amide bonds. The molecule has 2 rings (SSSR count). The van der Waals surface area contributed by atoms with Crippen LogP contribution < -0.4 is 11.1 Å². The number of pyridine rings is 1. The van der Waals surface area contributed by atoms with Crippen molar-refractivity contribution in [2.24, 2.45) is 5.73 Å². The predicted octanol–water partition coefficient (Wildman–Crippen LogP) is 0.193. The first-order chi connectivity index (χ1) is 8.29. The van der Waals surface area contributed by atoms with Crippen LogP contribution in [0.5, 0.6) is 0 Å². The third-order valence-electron chi connectivity index (χ3n) is 2.29. The molecule has 0 aliphatic heterocycles. The molecule has 17 heavy (non-hydrogen) atoms. The first-order valence-electron chi connectivity index (χ1n) is 5.21. The molecule has 0 aliphatic rings. The fourth-order valence-electron chi connectivity index (χ4n) is 1.39. The van der Waals surface area contributed by atoms with Gasteiger partial charge in [0.25, 0.3) is 5.91 Å². The van der Waals surface area contributed by atoms with Crippen molar-refractivity contribution in [1.29, 1.82) is 0 Å². The number of hydrogen-bond acceptors (Lipinski definition) is 4. The zero-order chi connectivity index (χ0) is 12.1. The van der Waals surface area contributed by atoms with Crippen molar-refractivity contribution in [1.82, 2.24) is 20.5 Å². The highest BCUT2D eigenvalue weighted by atomic mass is 16.1. The summed E-state index contributed by atoms with van der Waals surface area (Å²) >= 11 is 0. The van der Waals surface area contributed by atoms with Gasteiger partial charge in [-0.25, -0.2) is 0 Å². The molecule has 0 aliphatic carbocycles. The molecule has 0 saturated heterocycles. The largest absolute Gasteiger partial charge is 0.346 e. The summed E-state index contributed by atoms with van der Waals surface area (Å²) in [5.74, 6) is -0.156. The summed E-state index contributed by atoms with van der Waals surface area (Å²) in [7, 11) is 0. The Bertz CT molecular complexity index is 494. The topological polar surface area (TPSA) is 96.7 Å². The number of nitrogens with two attached hydrogens (primary N) is 1. The van der Waals surface area contributed by atoms with Gasteiger partial charge in [-0.2, -0.15) is 5.10 Å². The highest BCUT2D eigenvalue weighted by Crippen LogP contribution is 2.01. The average molecular weight is 231 g/mol. The van der Waals surface area contributed by atoms with Crippen LogP contribution in [0.15, 0.2) is 30.6 Å². The molecule has 2 aromatic heterocycles. The van der Waals surface area contributed by atoms with E-state index in [0.29, 0.717) is 24.3 Å². The van der Waals surface area contributed by atoms with Crippen molar-refractivity contribution < 1.29 is 4.79 Å². The van der Waals surface area contributed by atoms with E-state index < -0.39 is 0 Å². The van der Waals surface area contributed by atoms with Crippen LogP contribution in [-0.4, -0.2) is 21.1 Å². The van der Waals surface area contributed by atoms with Crippen LogP contribution in [0.25, 0.3) is 0 Å².